The molecule has 120 valence electrons. The van der Waals surface area contributed by atoms with Gasteiger partial charge in [-0.2, -0.15) is 0 Å². The molecule has 0 spiro atoms. The molecule has 1 heterocycles. The van der Waals surface area contributed by atoms with E-state index in [9.17, 15) is 8.42 Å². The summed E-state index contributed by atoms with van der Waals surface area (Å²) in [5.74, 6) is 0. The van der Waals surface area contributed by atoms with Crippen molar-refractivity contribution in [1.29, 1.82) is 0 Å². The van der Waals surface area contributed by atoms with Gasteiger partial charge >= 0.3 is 0 Å². The Bertz CT molecular complexity index is 581. The molecule has 2 unspecified atom stereocenters. The number of thiophene rings is 1. The van der Waals surface area contributed by atoms with E-state index in [2.05, 4.69) is 10.0 Å². The summed E-state index contributed by atoms with van der Waals surface area (Å²) in [6, 6.07) is 1.60. The van der Waals surface area contributed by atoms with Crippen LogP contribution in [0.4, 0.5) is 0 Å². The Labute approximate surface area is 131 Å². The second kappa shape index (κ2) is 6.34. The molecule has 0 radical (unpaired) electrons. The van der Waals surface area contributed by atoms with Crippen molar-refractivity contribution >= 4 is 21.4 Å². The summed E-state index contributed by atoms with van der Waals surface area (Å²) < 4.78 is 33.4. The smallest absolute Gasteiger partial charge is 0.241 e. The van der Waals surface area contributed by atoms with Crippen LogP contribution in [0.3, 0.4) is 0 Å². The zero-order valence-electron chi connectivity index (χ0n) is 13.0. The van der Waals surface area contributed by atoms with Crippen molar-refractivity contribution in [3.05, 3.63) is 16.3 Å². The van der Waals surface area contributed by atoms with Gasteiger partial charge in [-0.3, -0.25) is 0 Å². The predicted octanol–water partition coefficient (Wildman–Crippen LogP) is 1.95. The first-order valence-corrected chi connectivity index (χ1v) is 9.51. The quantitative estimate of drug-likeness (QED) is 0.801. The molecule has 0 aliphatic heterocycles. The number of rotatable bonds is 7. The summed E-state index contributed by atoms with van der Waals surface area (Å²) in [5.41, 5.74) is -0.181. The molecule has 1 aromatic rings. The number of hydrogen-bond donors (Lipinski definition) is 2. The third kappa shape index (κ3) is 3.32. The van der Waals surface area contributed by atoms with E-state index in [0.717, 1.165) is 17.8 Å². The van der Waals surface area contributed by atoms with Crippen molar-refractivity contribution in [1.82, 2.24) is 10.0 Å². The van der Waals surface area contributed by atoms with E-state index in [1.54, 1.807) is 13.2 Å². The highest BCUT2D eigenvalue weighted by molar-refractivity contribution is 7.89. The Morgan fingerprint density at radius 2 is 2.19 bits per heavy atom. The molecular formula is C14H24N2O3S2. The average molecular weight is 332 g/mol. The van der Waals surface area contributed by atoms with Crippen LogP contribution in [0.15, 0.2) is 16.3 Å². The topological polar surface area (TPSA) is 67.4 Å². The van der Waals surface area contributed by atoms with E-state index >= 15 is 0 Å². The fourth-order valence-electron chi connectivity index (χ4n) is 2.67. The summed E-state index contributed by atoms with van der Waals surface area (Å²) in [5, 5.41) is 5.00. The predicted molar refractivity (Wildman–Crippen MR) is 85.0 cm³/mol. The number of ether oxygens (including phenoxy) is 1. The molecule has 1 aliphatic rings. The summed E-state index contributed by atoms with van der Waals surface area (Å²) in [7, 11) is -1.80. The van der Waals surface area contributed by atoms with E-state index in [0.29, 0.717) is 11.4 Å². The Morgan fingerprint density at radius 3 is 2.76 bits per heavy atom. The Balaban J connectivity index is 2.11. The van der Waals surface area contributed by atoms with Gasteiger partial charge in [-0.1, -0.05) is 20.8 Å². The first-order valence-electron chi connectivity index (χ1n) is 7.15. The molecular weight excluding hydrogens is 308 g/mol. The lowest BCUT2D eigenvalue weighted by molar-refractivity contribution is -0.0908. The van der Waals surface area contributed by atoms with Gasteiger partial charge in [0.1, 0.15) is 0 Å². The molecule has 7 heteroatoms. The van der Waals surface area contributed by atoms with Gasteiger partial charge in [0.15, 0.2) is 0 Å². The minimum absolute atomic E-state index is 0.0839. The SMILES string of the molecule is CCNCc1sccc1S(=O)(=O)NC1CC(OC)C1(C)C. The minimum atomic E-state index is -3.48. The van der Waals surface area contributed by atoms with E-state index in [1.807, 2.05) is 26.2 Å². The van der Waals surface area contributed by atoms with E-state index in [-0.39, 0.29) is 17.6 Å². The zero-order valence-corrected chi connectivity index (χ0v) is 14.6. The summed E-state index contributed by atoms with van der Waals surface area (Å²) in [4.78, 5) is 1.25. The molecule has 1 fully saturated rings. The molecule has 2 rings (SSSR count). The minimum Gasteiger partial charge on any atom is -0.381 e. The molecule has 2 N–H and O–H groups in total. The van der Waals surface area contributed by atoms with Crippen LogP contribution < -0.4 is 10.0 Å². The summed E-state index contributed by atoms with van der Waals surface area (Å²) >= 11 is 1.47. The number of nitrogens with one attached hydrogen (secondary N) is 2. The molecule has 1 saturated carbocycles. The first kappa shape index (κ1) is 16.9. The molecule has 0 bridgehead atoms. The third-order valence-corrected chi connectivity index (χ3v) is 6.90. The summed E-state index contributed by atoms with van der Waals surface area (Å²) in [6.45, 7) is 7.47. The molecule has 0 amide bonds. The maximum Gasteiger partial charge on any atom is 0.241 e. The normalized spacial score (nSPS) is 24.8. The molecule has 1 aromatic heterocycles. The summed E-state index contributed by atoms with van der Waals surface area (Å²) in [6.07, 6.45) is 0.823. The lowest BCUT2D eigenvalue weighted by Gasteiger charge is -2.50. The average Bonchev–Trinajstić information content (AvgIpc) is 2.90. The van der Waals surface area contributed by atoms with Crippen LogP contribution in [0.2, 0.25) is 0 Å². The highest BCUT2D eigenvalue weighted by Crippen LogP contribution is 2.43. The number of methoxy groups -OCH3 is 1. The third-order valence-electron chi connectivity index (χ3n) is 4.29. The first-order chi connectivity index (χ1) is 9.82. The number of sulfonamides is 1. The van der Waals surface area contributed by atoms with Gasteiger partial charge in [-0.15, -0.1) is 11.3 Å². The van der Waals surface area contributed by atoms with E-state index in [1.165, 1.54) is 11.3 Å². The van der Waals surface area contributed by atoms with Crippen molar-refractivity contribution in [3.8, 4) is 0 Å². The Hall–Kier alpha value is -0.470. The maximum absolute atomic E-state index is 12.6. The standard InChI is InChI=1S/C14H24N2O3S2/c1-5-15-9-10-11(6-7-20-10)21(17,18)16-12-8-13(19-4)14(12,2)3/h6-7,12-13,15-16H,5,8-9H2,1-4H3. The lowest BCUT2D eigenvalue weighted by atomic mass is 9.65. The largest absolute Gasteiger partial charge is 0.381 e. The van der Waals surface area contributed by atoms with Crippen LogP contribution in [-0.4, -0.2) is 34.2 Å². The van der Waals surface area contributed by atoms with Gasteiger partial charge in [0.25, 0.3) is 0 Å². The van der Waals surface area contributed by atoms with Crippen LogP contribution in [-0.2, 0) is 21.3 Å². The van der Waals surface area contributed by atoms with Gasteiger partial charge in [0, 0.05) is 30.0 Å². The lowest BCUT2D eigenvalue weighted by Crippen LogP contribution is -2.61. The van der Waals surface area contributed by atoms with Crippen LogP contribution in [0.5, 0.6) is 0 Å². The van der Waals surface area contributed by atoms with Gasteiger partial charge in [0.05, 0.1) is 11.0 Å². The van der Waals surface area contributed by atoms with Crippen molar-refractivity contribution in [2.45, 2.75) is 50.8 Å². The van der Waals surface area contributed by atoms with Crippen LogP contribution in [0.25, 0.3) is 0 Å². The second-order valence-corrected chi connectivity index (χ2v) is 8.63. The van der Waals surface area contributed by atoms with E-state index < -0.39 is 10.0 Å². The highest BCUT2D eigenvalue weighted by atomic mass is 32.2. The molecule has 0 aromatic carbocycles. The molecule has 5 nitrogen and oxygen atoms in total. The van der Waals surface area contributed by atoms with Gasteiger partial charge in [0.2, 0.25) is 10.0 Å². The van der Waals surface area contributed by atoms with Crippen LogP contribution in [0, 0.1) is 5.41 Å². The molecule has 1 aliphatic carbocycles. The van der Waals surface area contributed by atoms with Crippen molar-refractivity contribution < 1.29 is 13.2 Å². The molecule has 21 heavy (non-hydrogen) atoms. The maximum atomic E-state index is 12.6. The van der Waals surface area contributed by atoms with Crippen LogP contribution >= 0.6 is 11.3 Å². The van der Waals surface area contributed by atoms with Crippen molar-refractivity contribution in [3.63, 3.8) is 0 Å². The van der Waals surface area contributed by atoms with Crippen molar-refractivity contribution in [2.24, 2.45) is 5.41 Å². The fraction of sp³-hybridized carbons (Fsp3) is 0.714. The molecule has 0 saturated heterocycles. The van der Waals surface area contributed by atoms with Gasteiger partial charge in [-0.05, 0) is 24.4 Å². The van der Waals surface area contributed by atoms with Gasteiger partial charge in [-0.25, -0.2) is 13.1 Å². The fourth-order valence-corrected chi connectivity index (χ4v) is 5.49. The molecule has 2 atom stereocenters. The van der Waals surface area contributed by atoms with Crippen LogP contribution in [0.1, 0.15) is 32.1 Å². The monoisotopic (exact) mass is 332 g/mol. The van der Waals surface area contributed by atoms with E-state index in [4.69, 9.17) is 4.74 Å². The Kier molecular flexibility index (Phi) is 5.10. The highest BCUT2D eigenvalue weighted by Gasteiger charge is 2.50. The zero-order chi connectivity index (χ0) is 15.7. The Morgan fingerprint density at radius 1 is 1.48 bits per heavy atom. The number of hydrogen-bond acceptors (Lipinski definition) is 5. The second-order valence-electron chi connectivity index (χ2n) is 5.94. The van der Waals surface area contributed by atoms with Crippen molar-refractivity contribution in [2.75, 3.05) is 13.7 Å². The van der Waals surface area contributed by atoms with Gasteiger partial charge < -0.3 is 10.1 Å².